The molecular weight excluding hydrogens is 382 g/mol. The first-order valence-electron chi connectivity index (χ1n) is 8.75. The second-order valence-electron chi connectivity index (χ2n) is 5.92. The molecule has 5 nitrogen and oxygen atoms in total. The minimum Gasteiger partial charge on any atom is -0.481 e. The lowest BCUT2D eigenvalue weighted by atomic mass is 10.2. The fourth-order valence-corrected chi connectivity index (χ4v) is 3.34. The molecule has 1 N–H and O–H groups in total. The summed E-state index contributed by atoms with van der Waals surface area (Å²) in [4.78, 5) is 12.5. The van der Waals surface area contributed by atoms with Crippen molar-refractivity contribution in [2.24, 2.45) is 0 Å². The second kappa shape index (κ2) is 8.97. The smallest absolute Gasteiger partial charge is 0.267 e. The van der Waals surface area contributed by atoms with Crippen LogP contribution in [-0.4, -0.2) is 22.2 Å². The number of nitrogens with zero attached hydrogens (tertiary/aromatic N) is 2. The molecule has 140 valence electrons. The quantitative estimate of drug-likeness (QED) is 0.589. The summed E-state index contributed by atoms with van der Waals surface area (Å²) in [6.45, 7) is 4.00. The van der Waals surface area contributed by atoms with E-state index in [-0.39, 0.29) is 5.91 Å². The minimum absolute atomic E-state index is 0.240. The van der Waals surface area contributed by atoms with Crippen molar-refractivity contribution in [3.63, 3.8) is 0 Å². The largest absolute Gasteiger partial charge is 0.481 e. The molecule has 0 saturated carbocycles. The highest BCUT2D eigenvalue weighted by atomic mass is 35.5. The van der Waals surface area contributed by atoms with Crippen molar-refractivity contribution in [2.45, 2.75) is 32.8 Å². The maximum atomic E-state index is 12.5. The number of halogens is 1. The summed E-state index contributed by atoms with van der Waals surface area (Å²) >= 11 is 7.21. The number of carbonyl (C=O) groups excluding carboxylic acids is 1. The molecule has 0 unspecified atom stereocenters. The van der Waals surface area contributed by atoms with E-state index in [4.69, 9.17) is 16.3 Å². The number of amides is 1. The van der Waals surface area contributed by atoms with Crippen molar-refractivity contribution in [2.75, 3.05) is 5.32 Å². The molecule has 0 radical (unpaired) electrons. The molecule has 7 heteroatoms. The Morgan fingerprint density at radius 3 is 2.44 bits per heavy atom. The number of anilines is 1. The molecule has 0 aliphatic carbocycles. The molecular formula is C20H20ClN3O2S. The summed E-state index contributed by atoms with van der Waals surface area (Å²) in [6, 6.07) is 15.1. The molecule has 0 bridgehead atoms. The summed E-state index contributed by atoms with van der Waals surface area (Å²) in [5.41, 5.74) is 2.13. The predicted molar refractivity (Wildman–Crippen MR) is 110 cm³/mol. The third-order valence-corrected chi connectivity index (χ3v) is 5.16. The van der Waals surface area contributed by atoms with E-state index in [2.05, 4.69) is 22.4 Å². The van der Waals surface area contributed by atoms with E-state index in [9.17, 15) is 4.79 Å². The van der Waals surface area contributed by atoms with Gasteiger partial charge in [-0.15, -0.1) is 10.2 Å². The predicted octanol–water partition coefficient (Wildman–Crippen LogP) is 5.22. The van der Waals surface area contributed by atoms with Crippen molar-refractivity contribution < 1.29 is 9.53 Å². The molecule has 1 aromatic heterocycles. The number of benzene rings is 2. The Labute approximate surface area is 167 Å². The standard InChI is InChI=1S/C20H20ClN3O2S/c1-3-13-5-11-16(12-6-13)26-17(4-2)18(25)22-20-24-23-19(27-20)14-7-9-15(21)10-8-14/h5-12,17H,3-4H2,1-2H3,(H,22,24,25)/t17-/m1/s1. The van der Waals surface area contributed by atoms with Crippen LogP contribution in [0.4, 0.5) is 5.13 Å². The zero-order valence-electron chi connectivity index (χ0n) is 15.1. The van der Waals surface area contributed by atoms with Crippen molar-refractivity contribution in [1.82, 2.24) is 10.2 Å². The maximum Gasteiger partial charge on any atom is 0.267 e. The molecule has 0 aliphatic rings. The fraction of sp³-hybridized carbons (Fsp3) is 0.250. The van der Waals surface area contributed by atoms with Crippen molar-refractivity contribution in [1.29, 1.82) is 0 Å². The van der Waals surface area contributed by atoms with Gasteiger partial charge in [-0.3, -0.25) is 10.1 Å². The Bertz CT molecular complexity index is 894. The molecule has 3 aromatic rings. The van der Waals surface area contributed by atoms with Crippen LogP contribution in [0.5, 0.6) is 5.75 Å². The molecule has 1 amide bonds. The molecule has 3 rings (SSSR count). The Balaban J connectivity index is 1.65. The van der Waals surface area contributed by atoms with Crippen LogP contribution in [0.25, 0.3) is 10.6 Å². The molecule has 0 saturated heterocycles. The number of hydrogen-bond acceptors (Lipinski definition) is 5. The number of rotatable bonds is 7. The molecule has 1 atom stereocenters. The van der Waals surface area contributed by atoms with Crippen LogP contribution in [0, 0.1) is 0 Å². The second-order valence-corrected chi connectivity index (χ2v) is 7.33. The van der Waals surface area contributed by atoms with Crippen LogP contribution in [-0.2, 0) is 11.2 Å². The van der Waals surface area contributed by atoms with Gasteiger partial charge in [0, 0.05) is 10.6 Å². The molecule has 0 aliphatic heterocycles. The van der Waals surface area contributed by atoms with Gasteiger partial charge >= 0.3 is 0 Å². The van der Waals surface area contributed by atoms with Crippen LogP contribution in [0.2, 0.25) is 5.02 Å². The fourth-order valence-electron chi connectivity index (χ4n) is 2.46. The van der Waals surface area contributed by atoms with Gasteiger partial charge in [-0.05, 0) is 42.7 Å². The molecule has 2 aromatic carbocycles. The van der Waals surface area contributed by atoms with E-state index in [0.29, 0.717) is 27.3 Å². The zero-order valence-corrected chi connectivity index (χ0v) is 16.7. The Kier molecular flexibility index (Phi) is 6.42. The first kappa shape index (κ1) is 19.3. The number of ether oxygens (including phenoxy) is 1. The Morgan fingerprint density at radius 2 is 1.81 bits per heavy atom. The van der Waals surface area contributed by atoms with Crippen molar-refractivity contribution in [3.8, 4) is 16.3 Å². The van der Waals surface area contributed by atoms with Gasteiger partial charge in [0.1, 0.15) is 10.8 Å². The monoisotopic (exact) mass is 401 g/mol. The summed E-state index contributed by atoms with van der Waals surface area (Å²) in [5.74, 6) is 0.434. The van der Waals surface area contributed by atoms with Gasteiger partial charge in [0.05, 0.1) is 0 Å². The van der Waals surface area contributed by atoms with Crippen molar-refractivity contribution >= 4 is 34.0 Å². The first-order valence-corrected chi connectivity index (χ1v) is 9.94. The lowest BCUT2D eigenvalue weighted by Crippen LogP contribution is -2.32. The number of hydrogen-bond donors (Lipinski definition) is 1. The number of aromatic nitrogens is 2. The summed E-state index contributed by atoms with van der Waals surface area (Å²) in [7, 11) is 0. The van der Waals surface area contributed by atoms with E-state index >= 15 is 0 Å². The lowest BCUT2D eigenvalue weighted by molar-refractivity contribution is -0.122. The normalized spacial score (nSPS) is 11.8. The van der Waals surface area contributed by atoms with E-state index in [1.54, 1.807) is 12.1 Å². The van der Waals surface area contributed by atoms with Crippen molar-refractivity contribution in [3.05, 3.63) is 59.1 Å². The van der Waals surface area contributed by atoms with Crippen LogP contribution in [0.3, 0.4) is 0 Å². The highest BCUT2D eigenvalue weighted by Gasteiger charge is 2.20. The van der Waals surface area contributed by atoms with Gasteiger partial charge < -0.3 is 4.74 Å². The number of carbonyl (C=O) groups is 1. The topological polar surface area (TPSA) is 64.1 Å². The summed E-state index contributed by atoms with van der Waals surface area (Å²) in [6.07, 6.45) is 0.912. The average molecular weight is 402 g/mol. The highest BCUT2D eigenvalue weighted by molar-refractivity contribution is 7.18. The van der Waals surface area contributed by atoms with Gasteiger partial charge in [0.2, 0.25) is 5.13 Å². The van der Waals surface area contributed by atoms with Gasteiger partial charge in [-0.25, -0.2) is 0 Å². The number of aryl methyl sites for hydroxylation is 1. The van der Waals surface area contributed by atoms with Gasteiger partial charge in [0.15, 0.2) is 6.10 Å². The van der Waals surface area contributed by atoms with Crippen LogP contribution >= 0.6 is 22.9 Å². The third kappa shape index (κ3) is 5.05. The maximum absolute atomic E-state index is 12.5. The Morgan fingerprint density at radius 1 is 1.11 bits per heavy atom. The summed E-state index contributed by atoms with van der Waals surface area (Å²) in [5, 5.41) is 12.8. The Hall–Kier alpha value is -2.44. The SMILES string of the molecule is CCc1ccc(O[C@H](CC)C(=O)Nc2nnc(-c3ccc(Cl)cc3)s2)cc1. The highest BCUT2D eigenvalue weighted by Crippen LogP contribution is 2.27. The van der Waals surface area contributed by atoms with Crippen LogP contribution in [0.1, 0.15) is 25.8 Å². The van der Waals surface area contributed by atoms with Gasteiger partial charge in [-0.1, -0.05) is 61.1 Å². The number of nitrogens with one attached hydrogen (secondary N) is 1. The van der Waals surface area contributed by atoms with E-state index < -0.39 is 6.10 Å². The lowest BCUT2D eigenvalue weighted by Gasteiger charge is -2.16. The third-order valence-electron chi connectivity index (χ3n) is 4.02. The minimum atomic E-state index is -0.597. The molecule has 27 heavy (non-hydrogen) atoms. The molecule has 0 spiro atoms. The average Bonchev–Trinajstić information content (AvgIpc) is 3.15. The zero-order chi connectivity index (χ0) is 19.2. The summed E-state index contributed by atoms with van der Waals surface area (Å²) < 4.78 is 5.83. The van der Waals surface area contributed by atoms with Crippen LogP contribution < -0.4 is 10.1 Å². The van der Waals surface area contributed by atoms with E-state index in [0.717, 1.165) is 12.0 Å². The van der Waals surface area contributed by atoms with Gasteiger partial charge in [0.25, 0.3) is 5.91 Å². The molecule has 0 fully saturated rings. The molecule has 1 heterocycles. The van der Waals surface area contributed by atoms with Crippen LogP contribution in [0.15, 0.2) is 48.5 Å². The first-order chi connectivity index (χ1) is 13.1. The van der Waals surface area contributed by atoms with E-state index in [1.165, 1.54) is 16.9 Å². The van der Waals surface area contributed by atoms with E-state index in [1.807, 2.05) is 43.3 Å². The van der Waals surface area contributed by atoms with Gasteiger partial charge in [-0.2, -0.15) is 0 Å².